The van der Waals surface area contributed by atoms with E-state index >= 15 is 0 Å². The van der Waals surface area contributed by atoms with Crippen LogP contribution in [0.5, 0.6) is 0 Å². The second-order valence-electron chi connectivity index (χ2n) is 3.35. The number of nitrogens with two attached hydrogens (primary N) is 1. The van der Waals surface area contributed by atoms with Crippen molar-refractivity contribution in [3.05, 3.63) is 29.6 Å². The van der Waals surface area contributed by atoms with Crippen LogP contribution in [0.15, 0.2) is 18.3 Å². The molecule has 90 valence electrons. The van der Waals surface area contributed by atoms with Crippen molar-refractivity contribution in [3.63, 3.8) is 0 Å². The van der Waals surface area contributed by atoms with Crippen molar-refractivity contribution in [2.24, 2.45) is 5.73 Å². The van der Waals surface area contributed by atoms with E-state index in [1.807, 2.05) is 0 Å². The summed E-state index contributed by atoms with van der Waals surface area (Å²) in [6, 6.07) is 2.41. The van der Waals surface area contributed by atoms with Gasteiger partial charge < -0.3 is 11.1 Å². The zero-order valence-corrected chi connectivity index (χ0v) is 8.72. The average molecular weight is 233 g/mol. The normalized spacial score (nSPS) is 11.8. The van der Waals surface area contributed by atoms with E-state index in [1.54, 1.807) is 0 Å². The molecule has 0 saturated carbocycles. The van der Waals surface area contributed by atoms with Crippen molar-refractivity contribution in [1.29, 1.82) is 0 Å². The molecule has 16 heavy (non-hydrogen) atoms. The summed E-state index contributed by atoms with van der Waals surface area (Å²) >= 11 is 0. The molecule has 1 heterocycles. The lowest BCUT2D eigenvalue weighted by molar-refractivity contribution is -0.137. The van der Waals surface area contributed by atoms with E-state index < -0.39 is 11.7 Å². The van der Waals surface area contributed by atoms with Gasteiger partial charge in [0.05, 0.1) is 11.3 Å². The van der Waals surface area contributed by atoms with Crippen LogP contribution in [0.25, 0.3) is 0 Å². The predicted molar refractivity (Wildman–Crippen MR) is 54.6 cm³/mol. The van der Waals surface area contributed by atoms with Crippen molar-refractivity contribution in [1.82, 2.24) is 10.3 Å². The molecule has 0 spiro atoms. The van der Waals surface area contributed by atoms with Crippen molar-refractivity contribution in [3.8, 4) is 0 Å². The Morgan fingerprint density at radius 1 is 1.31 bits per heavy atom. The second-order valence-corrected chi connectivity index (χ2v) is 3.35. The van der Waals surface area contributed by atoms with Crippen LogP contribution in [-0.4, -0.2) is 18.1 Å². The van der Waals surface area contributed by atoms with E-state index in [0.29, 0.717) is 18.8 Å². The Morgan fingerprint density at radius 3 is 2.56 bits per heavy atom. The average Bonchev–Trinajstić information content (AvgIpc) is 2.24. The third kappa shape index (κ3) is 4.16. The van der Waals surface area contributed by atoms with Gasteiger partial charge in [-0.3, -0.25) is 4.98 Å². The number of alkyl halides is 3. The molecule has 1 rings (SSSR count). The van der Waals surface area contributed by atoms with E-state index in [-0.39, 0.29) is 0 Å². The lowest BCUT2D eigenvalue weighted by Crippen LogP contribution is -2.18. The topological polar surface area (TPSA) is 50.9 Å². The monoisotopic (exact) mass is 233 g/mol. The fourth-order valence-electron chi connectivity index (χ4n) is 1.14. The van der Waals surface area contributed by atoms with Crippen LogP contribution in [0.3, 0.4) is 0 Å². The second kappa shape index (κ2) is 5.81. The summed E-state index contributed by atoms with van der Waals surface area (Å²) in [5.74, 6) is 0. The number of hydrogen-bond donors (Lipinski definition) is 2. The maximum atomic E-state index is 12.2. The Bertz CT molecular complexity index is 308. The molecule has 0 fully saturated rings. The van der Waals surface area contributed by atoms with Crippen LogP contribution < -0.4 is 11.1 Å². The van der Waals surface area contributed by atoms with Crippen LogP contribution in [0.1, 0.15) is 17.7 Å². The molecule has 0 amide bonds. The van der Waals surface area contributed by atoms with Crippen molar-refractivity contribution < 1.29 is 13.2 Å². The Kier molecular flexibility index (Phi) is 4.70. The minimum absolute atomic E-state index is 0.456. The molecule has 0 aliphatic heterocycles. The highest BCUT2D eigenvalue weighted by Crippen LogP contribution is 2.28. The summed E-state index contributed by atoms with van der Waals surface area (Å²) in [6.45, 7) is 1.78. The van der Waals surface area contributed by atoms with Crippen LogP contribution in [0, 0.1) is 0 Å². The van der Waals surface area contributed by atoms with Gasteiger partial charge in [-0.25, -0.2) is 0 Å². The molecular weight excluding hydrogens is 219 g/mol. The van der Waals surface area contributed by atoms with Gasteiger partial charge in [0, 0.05) is 12.7 Å². The highest BCUT2D eigenvalue weighted by atomic mass is 19.4. The van der Waals surface area contributed by atoms with E-state index in [4.69, 9.17) is 5.73 Å². The van der Waals surface area contributed by atoms with Gasteiger partial charge in [0.2, 0.25) is 0 Å². The fraction of sp³-hybridized carbons (Fsp3) is 0.500. The van der Waals surface area contributed by atoms with E-state index in [2.05, 4.69) is 10.3 Å². The maximum absolute atomic E-state index is 12.2. The summed E-state index contributed by atoms with van der Waals surface area (Å²) in [7, 11) is 0. The van der Waals surface area contributed by atoms with Gasteiger partial charge in [0.1, 0.15) is 0 Å². The maximum Gasteiger partial charge on any atom is 0.417 e. The largest absolute Gasteiger partial charge is 0.417 e. The van der Waals surface area contributed by atoms with E-state index in [1.165, 1.54) is 6.07 Å². The Morgan fingerprint density at radius 2 is 2.06 bits per heavy atom. The number of nitrogens with zero attached hydrogens (tertiary/aromatic N) is 1. The number of hydrogen-bond acceptors (Lipinski definition) is 3. The quantitative estimate of drug-likeness (QED) is 0.758. The molecule has 0 saturated heterocycles. The van der Waals surface area contributed by atoms with Crippen LogP contribution in [0.2, 0.25) is 0 Å². The highest BCUT2D eigenvalue weighted by molar-refractivity contribution is 5.16. The smallest absolute Gasteiger partial charge is 0.330 e. The Balaban J connectivity index is 2.46. The van der Waals surface area contributed by atoms with Gasteiger partial charge in [-0.05, 0) is 31.6 Å². The molecule has 1 aromatic heterocycles. The van der Waals surface area contributed by atoms with Gasteiger partial charge in [0.25, 0.3) is 0 Å². The van der Waals surface area contributed by atoms with Gasteiger partial charge in [-0.2, -0.15) is 13.2 Å². The molecule has 3 N–H and O–H groups in total. The third-order valence-corrected chi connectivity index (χ3v) is 2.02. The number of aromatic nitrogens is 1. The molecule has 0 unspecified atom stereocenters. The zero-order chi connectivity index (χ0) is 12.0. The highest BCUT2D eigenvalue weighted by Gasteiger charge is 2.30. The van der Waals surface area contributed by atoms with Crippen LogP contribution in [0.4, 0.5) is 13.2 Å². The SMILES string of the molecule is NCCCNCc1ccc(C(F)(F)F)cn1. The molecule has 1 aromatic rings. The molecule has 0 radical (unpaired) electrons. The first-order valence-electron chi connectivity index (χ1n) is 4.97. The summed E-state index contributed by atoms with van der Waals surface area (Å²) in [4.78, 5) is 3.73. The third-order valence-electron chi connectivity index (χ3n) is 2.02. The lowest BCUT2D eigenvalue weighted by atomic mass is 10.2. The number of nitrogens with one attached hydrogen (secondary N) is 1. The first-order valence-corrected chi connectivity index (χ1v) is 4.97. The first kappa shape index (κ1) is 12.9. The lowest BCUT2D eigenvalue weighted by Gasteiger charge is -2.07. The molecule has 0 aliphatic carbocycles. The number of pyridine rings is 1. The number of rotatable bonds is 5. The summed E-state index contributed by atoms with van der Waals surface area (Å²) in [5, 5.41) is 3.04. The van der Waals surface area contributed by atoms with E-state index in [0.717, 1.165) is 25.2 Å². The van der Waals surface area contributed by atoms with Gasteiger partial charge in [-0.15, -0.1) is 0 Å². The zero-order valence-electron chi connectivity index (χ0n) is 8.72. The van der Waals surface area contributed by atoms with Gasteiger partial charge in [-0.1, -0.05) is 0 Å². The molecule has 3 nitrogen and oxygen atoms in total. The van der Waals surface area contributed by atoms with Crippen molar-refractivity contribution in [2.45, 2.75) is 19.1 Å². The van der Waals surface area contributed by atoms with Gasteiger partial charge in [0.15, 0.2) is 0 Å². The van der Waals surface area contributed by atoms with Crippen LogP contribution in [-0.2, 0) is 12.7 Å². The predicted octanol–water partition coefficient (Wildman–Crippen LogP) is 1.54. The number of halogens is 3. The Labute approximate surface area is 91.9 Å². The van der Waals surface area contributed by atoms with E-state index in [9.17, 15) is 13.2 Å². The van der Waals surface area contributed by atoms with Crippen molar-refractivity contribution >= 4 is 0 Å². The molecule has 0 atom stereocenters. The van der Waals surface area contributed by atoms with Crippen LogP contribution >= 0.6 is 0 Å². The molecular formula is C10H14F3N3. The summed E-state index contributed by atoms with van der Waals surface area (Å²) in [5.41, 5.74) is 5.16. The summed E-state index contributed by atoms with van der Waals surface area (Å²) < 4.78 is 36.6. The molecule has 0 aromatic carbocycles. The minimum atomic E-state index is -4.32. The Hall–Kier alpha value is -1.14. The summed E-state index contributed by atoms with van der Waals surface area (Å²) in [6.07, 6.45) is -2.64. The molecule has 6 heteroatoms. The van der Waals surface area contributed by atoms with Crippen molar-refractivity contribution in [2.75, 3.05) is 13.1 Å². The molecule has 0 aliphatic rings. The fourth-order valence-corrected chi connectivity index (χ4v) is 1.14. The molecule has 0 bridgehead atoms. The van der Waals surface area contributed by atoms with Gasteiger partial charge >= 0.3 is 6.18 Å². The first-order chi connectivity index (χ1) is 7.54. The standard InChI is InChI=1S/C10H14F3N3/c11-10(12,13)8-2-3-9(16-6-8)7-15-5-1-4-14/h2-3,6,15H,1,4-5,7,14H2. The minimum Gasteiger partial charge on any atom is -0.330 e.